The van der Waals surface area contributed by atoms with Crippen LogP contribution in [-0.2, 0) is 11.2 Å². The lowest BCUT2D eigenvalue weighted by Crippen LogP contribution is -2.15. The van der Waals surface area contributed by atoms with Gasteiger partial charge >= 0.3 is 0 Å². The van der Waals surface area contributed by atoms with E-state index in [0.29, 0.717) is 10.4 Å². The molecule has 1 aromatic heterocycles. The van der Waals surface area contributed by atoms with Crippen molar-refractivity contribution in [3.63, 3.8) is 0 Å². The van der Waals surface area contributed by atoms with E-state index in [0.717, 1.165) is 46.3 Å². The van der Waals surface area contributed by atoms with Gasteiger partial charge in [0.25, 0.3) is 5.56 Å². The van der Waals surface area contributed by atoms with Gasteiger partial charge in [-0.25, -0.2) is 0 Å². The van der Waals surface area contributed by atoms with Crippen molar-refractivity contribution in [3.8, 4) is 0 Å². The van der Waals surface area contributed by atoms with E-state index in [9.17, 15) is 9.59 Å². The topological polar surface area (TPSA) is 62.0 Å². The Labute approximate surface area is 155 Å². The van der Waals surface area contributed by atoms with Gasteiger partial charge in [0.2, 0.25) is 5.91 Å². The van der Waals surface area contributed by atoms with Crippen LogP contribution in [0.1, 0.15) is 30.2 Å². The molecule has 1 aliphatic carbocycles. The minimum absolute atomic E-state index is 0.116. The van der Waals surface area contributed by atoms with Gasteiger partial charge < -0.3 is 10.3 Å². The van der Waals surface area contributed by atoms with Crippen LogP contribution < -0.4 is 10.9 Å². The molecule has 5 heteroatoms. The number of aromatic amines is 1. The van der Waals surface area contributed by atoms with E-state index in [1.54, 1.807) is 12.1 Å². The number of fused-ring (bicyclic) bond motifs is 3. The molecular weight excluding hydrogens is 348 g/mol. The molecule has 0 spiro atoms. The highest BCUT2D eigenvalue weighted by Crippen LogP contribution is 2.34. The van der Waals surface area contributed by atoms with Crippen LogP contribution in [0, 0.1) is 0 Å². The number of benzene rings is 2. The van der Waals surface area contributed by atoms with E-state index in [2.05, 4.69) is 16.4 Å². The number of hydrogen-bond acceptors (Lipinski definition) is 2. The van der Waals surface area contributed by atoms with Crippen molar-refractivity contribution in [1.82, 2.24) is 4.98 Å². The van der Waals surface area contributed by atoms with Gasteiger partial charge in [-0.1, -0.05) is 29.8 Å². The summed E-state index contributed by atoms with van der Waals surface area (Å²) in [6.07, 6.45) is 3.85. The fourth-order valence-electron chi connectivity index (χ4n) is 3.54. The number of hydrogen-bond donors (Lipinski definition) is 2. The predicted molar refractivity (Wildman–Crippen MR) is 106 cm³/mol. The smallest absolute Gasteiger partial charge is 0.256 e. The van der Waals surface area contributed by atoms with Gasteiger partial charge in [-0.3, -0.25) is 9.59 Å². The Morgan fingerprint density at radius 2 is 2.00 bits per heavy atom. The number of carbonyl (C=O) groups excluding carboxylic acids is 1. The average Bonchev–Trinajstić information content (AvgIpc) is 2.61. The number of nitrogens with one attached hydrogen (secondary N) is 2. The summed E-state index contributed by atoms with van der Waals surface area (Å²) in [5, 5.41) is 4.98. The van der Waals surface area contributed by atoms with Crippen molar-refractivity contribution in [2.45, 2.75) is 19.8 Å². The van der Waals surface area contributed by atoms with Gasteiger partial charge in [0.15, 0.2) is 0 Å². The fourth-order valence-corrected chi connectivity index (χ4v) is 3.71. The van der Waals surface area contributed by atoms with Crippen molar-refractivity contribution in [2.24, 2.45) is 0 Å². The lowest BCUT2D eigenvalue weighted by molar-refractivity contribution is -0.114. The first kappa shape index (κ1) is 16.6. The van der Waals surface area contributed by atoms with Gasteiger partial charge in [0.1, 0.15) is 0 Å². The number of aryl methyl sites for hydroxylation is 1. The molecule has 1 amide bonds. The molecule has 3 aromatic rings. The minimum Gasteiger partial charge on any atom is -0.326 e. The van der Waals surface area contributed by atoms with Gasteiger partial charge in [0, 0.05) is 28.6 Å². The van der Waals surface area contributed by atoms with Gasteiger partial charge in [-0.2, -0.15) is 0 Å². The van der Waals surface area contributed by atoms with E-state index < -0.39 is 0 Å². The zero-order chi connectivity index (χ0) is 18.3. The number of halogens is 1. The number of allylic oxidation sites excluding steroid dienone is 1. The van der Waals surface area contributed by atoms with Crippen molar-refractivity contribution >= 4 is 39.5 Å². The van der Waals surface area contributed by atoms with Crippen LogP contribution in [0.3, 0.4) is 0 Å². The zero-order valence-corrected chi connectivity index (χ0v) is 15.0. The second-order valence-electron chi connectivity index (χ2n) is 6.42. The van der Waals surface area contributed by atoms with Crippen LogP contribution >= 0.6 is 11.6 Å². The van der Waals surface area contributed by atoms with Crippen LogP contribution in [0.4, 0.5) is 5.69 Å². The molecule has 1 aliphatic rings. The second kappa shape index (κ2) is 6.46. The SMILES string of the molecule is CC(=O)Nc1cccc(C2=CCCc3c2[nH]c(=O)c2ccc(Cl)cc32)c1. The van der Waals surface area contributed by atoms with Crippen LogP contribution in [0.5, 0.6) is 0 Å². The molecule has 0 saturated carbocycles. The molecule has 2 aromatic carbocycles. The van der Waals surface area contributed by atoms with Crippen molar-refractivity contribution < 1.29 is 4.79 Å². The molecule has 26 heavy (non-hydrogen) atoms. The van der Waals surface area contributed by atoms with Gasteiger partial charge in [0.05, 0.1) is 5.69 Å². The van der Waals surface area contributed by atoms with Crippen molar-refractivity contribution in [3.05, 3.63) is 80.7 Å². The number of pyridine rings is 1. The number of aromatic nitrogens is 1. The van der Waals surface area contributed by atoms with Gasteiger partial charge in [-0.05, 0) is 59.7 Å². The molecule has 4 rings (SSSR count). The summed E-state index contributed by atoms with van der Waals surface area (Å²) in [7, 11) is 0. The van der Waals surface area contributed by atoms with Crippen LogP contribution in [0.15, 0.2) is 53.3 Å². The number of rotatable bonds is 2. The molecule has 0 bridgehead atoms. The molecule has 0 fully saturated rings. The van der Waals surface area contributed by atoms with Crippen LogP contribution in [0.2, 0.25) is 5.02 Å². The minimum atomic E-state index is -0.124. The normalized spacial score (nSPS) is 13.2. The second-order valence-corrected chi connectivity index (χ2v) is 6.85. The number of amides is 1. The number of H-pyrrole nitrogens is 1. The molecule has 0 saturated heterocycles. The summed E-state index contributed by atoms with van der Waals surface area (Å²) in [4.78, 5) is 26.9. The summed E-state index contributed by atoms with van der Waals surface area (Å²) in [6, 6.07) is 13.0. The Kier molecular flexibility index (Phi) is 4.13. The quantitative estimate of drug-likeness (QED) is 0.702. The highest BCUT2D eigenvalue weighted by atomic mass is 35.5. The maximum absolute atomic E-state index is 12.6. The Hall–Kier alpha value is -2.85. The first-order valence-corrected chi connectivity index (χ1v) is 8.84. The highest BCUT2D eigenvalue weighted by Gasteiger charge is 2.19. The van der Waals surface area contributed by atoms with E-state index in [1.165, 1.54) is 6.92 Å². The summed E-state index contributed by atoms with van der Waals surface area (Å²) >= 11 is 6.17. The molecular formula is C21H17ClN2O2. The van der Waals surface area contributed by atoms with E-state index in [4.69, 9.17) is 11.6 Å². The first-order chi connectivity index (χ1) is 12.5. The monoisotopic (exact) mass is 364 g/mol. The Bertz CT molecular complexity index is 1130. The summed E-state index contributed by atoms with van der Waals surface area (Å²) in [5.41, 5.74) is 4.46. The standard InChI is InChI=1S/C21H17ClN2O2/c1-12(25)23-15-5-2-4-13(10-15)16-6-3-7-17-19-11-14(22)8-9-18(19)21(26)24-20(16)17/h2,4-6,8-11H,3,7H2,1H3,(H,23,25)(H,24,26). The average molecular weight is 365 g/mol. The molecule has 4 nitrogen and oxygen atoms in total. The molecule has 130 valence electrons. The van der Waals surface area contributed by atoms with Crippen molar-refractivity contribution in [1.29, 1.82) is 0 Å². The van der Waals surface area contributed by atoms with Crippen LogP contribution in [-0.4, -0.2) is 10.9 Å². The van der Waals surface area contributed by atoms with E-state index >= 15 is 0 Å². The number of anilines is 1. The lowest BCUT2D eigenvalue weighted by Gasteiger charge is -2.20. The third-order valence-corrected chi connectivity index (χ3v) is 4.83. The van der Waals surface area contributed by atoms with E-state index in [-0.39, 0.29) is 11.5 Å². The van der Waals surface area contributed by atoms with Crippen LogP contribution in [0.25, 0.3) is 16.3 Å². The lowest BCUT2D eigenvalue weighted by atomic mass is 9.88. The largest absolute Gasteiger partial charge is 0.326 e. The predicted octanol–water partition coefficient (Wildman–Crippen LogP) is 4.52. The molecule has 1 heterocycles. The van der Waals surface area contributed by atoms with E-state index in [1.807, 2.05) is 30.3 Å². The fraction of sp³-hybridized carbons (Fsp3) is 0.143. The summed E-state index contributed by atoms with van der Waals surface area (Å²) in [5.74, 6) is -0.116. The summed E-state index contributed by atoms with van der Waals surface area (Å²) < 4.78 is 0. The Morgan fingerprint density at radius 1 is 1.15 bits per heavy atom. The Balaban J connectivity index is 1.90. The highest BCUT2D eigenvalue weighted by molar-refractivity contribution is 6.31. The molecule has 0 unspecified atom stereocenters. The zero-order valence-electron chi connectivity index (χ0n) is 14.2. The molecule has 0 aliphatic heterocycles. The van der Waals surface area contributed by atoms with Crippen molar-refractivity contribution in [2.75, 3.05) is 5.32 Å². The maximum atomic E-state index is 12.6. The van der Waals surface area contributed by atoms with Gasteiger partial charge in [-0.15, -0.1) is 0 Å². The molecule has 0 radical (unpaired) electrons. The Morgan fingerprint density at radius 3 is 2.81 bits per heavy atom. The third-order valence-electron chi connectivity index (χ3n) is 4.60. The maximum Gasteiger partial charge on any atom is 0.256 e. The molecule has 0 atom stereocenters. The number of carbonyl (C=O) groups is 1. The molecule has 2 N–H and O–H groups in total. The third kappa shape index (κ3) is 2.93. The first-order valence-electron chi connectivity index (χ1n) is 8.46. The summed E-state index contributed by atoms with van der Waals surface area (Å²) in [6.45, 7) is 1.48.